The van der Waals surface area contributed by atoms with Crippen LogP contribution in [0.4, 0.5) is 11.4 Å². The van der Waals surface area contributed by atoms with Crippen LogP contribution in [0.15, 0.2) is 48.5 Å². The van der Waals surface area contributed by atoms with Gasteiger partial charge in [0.25, 0.3) is 5.69 Å². The highest BCUT2D eigenvalue weighted by molar-refractivity contribution is 5.79. The Kier molecular flexibility index (Phi) is 7.32. The molecule has 3 N–H and O–H groups in total. The van der Waals surface area contributed by atoms with Crippen LogP contribution in [0.1, 0.15) is 34.9 Å². The molecular weight excluding hydrogens is 402 g/mol. The van der Waals surface area contributed by atoms with E-state index >= 15 is 0 Å². The highest BCUT2D eigenvalue weighted by Crippen LogP contribution is 2.25. The van der Waals surface area contributed by atoms with Gasteiger partial charge in [0.2, 0.25) is 5.91 Å². The molecule has 2 aromatic carbocycles. The third-order valence-electron chi connectivity index (χ3n) is 5.61. The molecule has 1 heterocycles. The average Bonchev–Trinajstić information content (AvgIpc) is 2.82. The van der Waals surface area contributed by atoms with Crippen molar-refractivity contribution < 1.29 is 24.7 Å². The summed E-state index contributed by atoms with van der Waals surface area (Å²) in [5, 5.41) is 33.7. The summed E-state index contributed by atoms with van der Waals surface area (Å²) >= 11 is 0. The molecule has 2 atom stereocenters. The number of non-ortho nitro benzene ring substituents is 1. The van der Waals surface area contributed by atoms with Gasteiger partial charge in [-0.05, 0) is 54.8 Å². The Morgan fingerprint density at radius 3 is 2.29 bits per heavy atom. The van der Waals surface area contributed by atoms with E-state index in [4.69, 9.17) is 0 Å². The molecule has 0 spiro atoms. The predicted molar refractivity (Wildman–Crippen MR) is 114 cm³/mol. The highest BCUT2D eigenvalue weighted by atomic mass is 16.6. The second-order valence-electron chi connectivity index (χ2n) is 7.56. The van der Waals surface area contributed by atoms with E-state index in [1.54, 1.807) is 12.1 Å². The largest absolute Gasteiger partial charge is 0.394 e. The van der Waals surface area contributed by atoms with Gasteiger partial charge in [-0.3, -0.25) is 19.7 Å². The normalized spacial score (nSPS) is 16.4. The lowest BCUT2D eigenvalue weighted by atomic mass is 9.94. The molecule has 0 aliphatic carbocycles. The summed E-state index contributed by atoms with van der Waals surface area (Å²) in [5.41, 5.74) is 1.87. The van der Waals surface area contributed by atoms with Crippen molar-refractivity contribution in [1.82, 2.24) is 5.32 Å². The van der Waals surface area contributed by atoms with Crippen LogP contribution in [0, 0.1) is 16.0 Å². The summed E-state index contributed by atoms with van der Waals surface area (Å²) in [6.45, 7) is 0.881. The third kappa shape index (κ3) is 5.44. The molecular formula is C22H25N3O6. The summed E-state index contributed by atoms with van der Waals surface area (Å²) in [6.07, 6.45) is 0.842. The molecule has 2 aromatic rings. The van der Waals surface area contributed by atoms with E-state index in [2.05, 4.69) is 10.2 Å². The monoisotopic (exact) mass is 427 g/mol. The van der Waals surface area contributed by atoms with Gasteiger partial charge in [0, 0.05) is 42.4 Å². The van der Waals surface area contributed by atoms with Crippen LogP contribution in [0.25, 0.3) is 0 Å². The fraction of sp³-hybridized carbons (Fsp3) is 0.364. The van der Waals surface area contributed by atoms with Gasteiger partial charge in [-0.2, -0.15) is 0 Å². The van der Waals surface area contributed by atoms with Crippen LogP contribution >= 0.6 is 0 Å². The minimum absolute atomic E-state index is 0.104. The zero-order valence-corrected chi connectivity index (χ0v) is 16.9. The maximum Gasteiger partial charge on any atom is 0.269 e. The van der Waals surface area contributed by atoms with Gasteiger partial charge in [0.05, 0.1) is 17.6 Å². The number of aldehydes is 1. The number of benzene rings is 2. The van der Waals surface area contributed by atoms with Crippen LogP contribution in [0.2, 0.25) is 0 Å². The first-order valence-electron chi connectivity index (χ1n) is 10.1. The van der Waals surface area contributed by atoms with Crippen molar-refractivity contribution >= 4 is 23.6 Å². The molecule has 1 amide bonds. The van der Waals surface area contributed by atoms with E-state index in [-0.39, 0.29) is 17.5 Å². The number of hydrogen-bond acceptors (Lipinski definition) is 7. The molecule has 31 heavy (non-hydrogen) atoms. The van der Waals surface area contributed by atoms with E-state index in [0.29, 0.717) is 37.1 Å². The van der Waals surface area contributed by atoms with E-state index < -0.39 is 23.7 Å². The van der Waals surface area contributed by atoms with Gasteiger partial charge in [0.15, 0.2) is 0 Å². The molecule has 1 fully saturated rings. The lowest BCUT2D eigenvalue weighted by Gasteiger charge is -2.34. The quantitative estimate of drug-likeness (QED) is 0.332. The third-order valence-corrected chi connectivity index (χ3v) is 5.61. The first kappa shape index (κ1) is 22.4. The van der Waals surface area contributed by atoms with Crippen LogP contribution in [0.3, 0.4) is 0 Å². The van der Waals surface area contributed by atoms with E-state index in [1.165, 1.54) is 24.3 Å². The van der Waals surface area contributed by atoms with E-state index in [9.17, 15) is 29.9 Å². The Morgan fingerprint density at radius 2 is 1.77 bits per heavy atom. The second kappa shape index (κ2) is 10.1. The van der Waals surface area contributed by atoms with Crippen molar-refractivity contribution in [2.75, 3.05) is 24.6 Å². The van der Waals surface area contributed by atoms with Crippen molar-refractivity contribution in [3.63, 3.8) is 0 Å². The Bertz CT molecular complexity index is 908. The number of aliphatic hydroxyl groups is 2. The van der Waals surface area contributed by atoms with Gasteiger partial charge < -0.3 is 20.4 Å². The number of carbonyl (C=O) groups is 2. The minimum atomic E-state index is -1.19. The molecule has 0 bridgehead atoms. The molecule has 9 heteroatoms. The Balaban J connectivity index is 1.55. The first-order chi connectivity index (χ1) is 14.9. The number of piperidine rings is 1. The zero-order valence-electron chi connectivity index (χ0n) is 16.9. The van der Waals surface area contributed by atoms with Gasteiger partial charge in [-0.1, -0.05) is 0 Å². The number of nitrogens with one attached hydrogen (secondary N) is 1. The number of nitro benzene ring substituents is 1. The average molecular weight is 427 g/mol. The number of anilines is 1. The Hall–Kier alpha value is -3.30. The van der Waals surface area contributed by atoms with Crippen LogP contribution in [0.5, 0.6) is 0 Å². The van der Waals surface area contributed by atoms with Gasteiger partial charge >= 0.3 is 0 Å². The van der Waals surface area contributed by atoms with Crippen molar-refractivity contribution in [1.29, 1.82) is 0 Å². The lowest BCUT2D eigenvalue weighted by Crippen LogP contribution is -2.47. The second-order valence-corrected chi connectivity index (χ2v) is 7.56. The number of amides is 1. The van der Waals surface area contributed by atoms with Crippen LogP contribution in [-0.2, 0) is 4.79 Å². The number of rotatable bonds is 8. The molecule has 1 aliphatic heterocycles. The lowest BCUT2D eigenvalue weighted by molar-refractivity contribution is -0.384. The van der Waals surface area contributed by atoms with Crippen molar-refractivity contribution in [2.45, 2.75) is 25.0 Å². The standard InChI is InChI=1S/C22H25N3O6/c26-13-15-1-5-18(6-2-15)24-11-9-17(10-12-24)22(29)23-20(14-27)21(28)16-3-7-19(8-4-16)25(30)31/h1-8,13,17,20-21,27-28H,9-12,14H2,(H,23,29)/t20-,21-/m1/s1. The minimum Gasteiger partial charge on any atom is -0.394 e. The van der Waals surface area contributed by atoms with E-state index in [1.807, 2.05) is 12.1 Å². The summed E-state index contributed by atoms with van der Waals surface area (Å²) in [5.74, 6) is -0.487. The highest BCUT2D eigenvalue weighted by Gasteiger charge is 2.29. The molecule has 0 saturated carbocycles. The molecule has 1 saturated heterocycles. The van der Waals surface area contributed by atoms with Gasteiger partial charge in [-0.15, -0.1) is 0 Å². The maximum atomic E-state index is 12.7. The summed E-state index contributed by atoms with van der Waals surface area (Å²) in [4.78, 5) is 35.9. The fourth-order valence-corrected chi connectivity index (χ4v) is 3.71. The zero-order chi connectivity index (χ0) is 22.4. The number of hydrogen-bond donors (Lipinski definition) is 3. The van der Waals surface area contributed by atoms with Crippen LogP contribution in [-0.4, -0.2) is 53.1 Å². The number of nitrogens with zero attached hydrogens (tertiary/aromatic N) is 2. The van der Waals surface area contributed by atoms with Crippen molar-refractivity contribution in [2.24, 2.45) is 5.92 Å². The topological polar surface area (TPSA) is 133 Å². The molecule has 0 radical (unpaired) electrons. The molecule has 0 aromatic heterocycles. The first-order valence-corrected chi connectivity index (χ1v) is 10.1. The number of aliphatic hydroxyl groups excluding tert-OH is 2. The predicted octanol–water partition coefficient (Wildman–Crippen LogP) is 1.83. The van der Waals surface area contributed by atoms with Crippen molar-refractivity contribution in [3.05, 3.63) is 69.8 Å². The Morgan fingerprint density at radius 1 is 1.16 bits per heavy atom. The molecule has 1 aliphatic rings. The van der Waals surface area contributed by atoms with Crippen LogP contribution < -0.4 is 10.2 Å². The number of nitro groups is 1. The molecule has 0 unspecified atom stereocenters. The molecule has 164 valence electrons. The summed E-state index contributed by atoms with van der Waals surface area (Å²) < 4.78 is 0. The summed E-state index contributed by atoms with van der Waals surface area (Å²) in [7, 11) is 0. The summed E-state index contributed by atoms with van der Waals surface area (Å²) in [6, 6.07) is 11.7. The van der Waals surface area contributed by atoms with Gasteiger partial charge in [0.1, 0.15) is 12.4 Å². The molecule has 9 nitrogen and oxygen atoms in total. The molecule has 3 rings (SSSR count). The smallest absolute Gasteiger partial charge is 0.269 e. The van der Waals surface area contributed by atoms with E-state index in [0.717, 1.165) is 12.0 Å². The van der Waals surface area contributed by atoms with Crippen molar-refractivity contribution in [3.8, 4) is 0 Å². The fourth-order valence-electron chi connectivity index (χ4n) is 3.71. The SMILES string of the molecule is O=Cc1ccc(N2CCC(C(=O)N[C@H](CO)[C@H](O)c3ccc([N+](=O)[O-])cc3)CC2)cc1. The van der Waals surface area contributed by atoms with Gasteiger partial charge in [-0.25, -0.2) is 0 Å². The Labute approximate surface area is 179 Å². The maximum absolute atomic E-state index is 12.7. The number of carbonyl (C=O) groups excluding carboxylic acids is 2.